The Kier molecular flexibility index (Phi) is 7.26. The molecule has 8 nitrogen and oxygen atoms in total. The van der Waals surface area contributed by atoms with Crippen LogP contribution < -0.4 is 20.1 Å². The van der Waals surface area contributed by atoms with Crippen LogP contribution in [-0.4, -0.2) is 42.0 Å². The Labute approximate surface area is 182 Å². The highest BCUT2D eigenvalue weighted by molar-refractivity contribution is 8.01. The zero-order valence-corrected chi connectivity index (χ0v) is 18.2. The molecule has 3 rings (SSSR count). The molecule has 0 atom stereocenters. The summed E-state index contributed by atoms with van der Waals surface area (Å²) in [6, 6.07) is 12.4. The molecule has 156 valence electrons. The molecule has 0 aliphatic carbocycles. The molecule has 1 heterocycles. The molecule has 0 fully saturated rings. The highest BCUT2D eigenvalue weighted by atomic mass is 32.2. The number of hydrogen-bond acceptors (Lipinski definition) is 8. The summed E-state index contributed by atoms with van der Waals surface area (Å²) in [6.45, 7) is 1.98. The van der Waals surface area contributed by atoms with Gasteiger partial charge in [0.1, 0.15) is 0 Å². The topological polar surface area (TPSA) is 102 Å². The molecule has 10 heteroatoms. The van der Waals surface area contributed by atoms with E-state index in [0.29, 0.717) is 26.5 Å². The molecule has 2 aromatic carbocycles. The molecule has 0 aliphatic rings. The highest BCUT2D eigenvalue weighted by Crippen LogP contribution is 2.29. The van der Waals surface area contributed by atoms with Crippen molar-refractivity contribution in [1.29, 1.82) is 0 Å². The van der Waals surface area contributed by atoms with Gasteiger partial charge in [-0.15, -0.1) is 10.2 Å². The first-order valence-electron chi connectivity index (χ1n) is 8.84. The van der Waals surface area contributed by atoms with Crippen LogP contribution in [0.15, 0.2) is 46.8 Å². The summed E-state index contributed by atoms with van der Waals surface area (Å²) in [7, 11) is 3.03. The second kappa shape index (κ2) is 10.1. The monoisotopic (exact) mass is 444 g/mol. The summed E-state index contributed by atoms with van der Waals surface area (Å²) in [5.41, 5.74) is 2.26. The number of rotatable bonds is 8. The van der Waals surface area contributed by atoms with Crippen LogP contribution in [0, 0.1) is 6.92 Å². The molecule has 0 spiro atoms. The van der Waals surface area contributed by atoms with Crippen molar-refractivity contribution >= 4 is 45.7 Å². The maximum Gasteiger partial charge on any atom is 0.257 e. The number of hydrogen-bond donors (Lipinski definition) is 2. The third-order valence-corrected chi connectivity index (χ3v) is 5.91. The lowest BCUT2D eigenvalue weighted by Crippen LogP contribution is -2.13. The van der Waals surface area contributed by atoms with E-state index in [1.807, 2.05) is 31.2 Å². The molecule has 0 saturated carbocycles. The predicted molar refractivity (Wildman–Crippen MR) is 118 cm³/mol. The van der Waals surface area contributed by atoms with E-state index >= 15 is 0 Å². The number of carbonyl (C=O) groups is 2. The van der Waals surface area contributed by atoms with Gasteiger partial charge in [-0.25, -0.2) is 0 Å². The molecular weight excluding hydrogens is 424 g/mol. The Morgan fingerprint density at radius 3 is 2.43 bits per heavy atom. The standard InChI is InChI=1S/C20H20N4O4S2/c1-12-4-7-14(8-5-12)21-17(25)11-29-20-24-23-19(30-20)22-18(26)13-6-9-15(27-2)16(10-13)28-3/h4-10H,11H2,1-3H3,(H,21,25)(H,22,23,26). The van der Waals surface area contributed by atoms with E-state index in [9.17, 15) is 9.59 Å². The Bertz CT molecular complexity index is 1040. The Balaban J connectivity index is 1.54. The fraction of sp³-hybridized carbons (Fsp3) is 0.200. The second-order valence-electron chi connectivity index (χ2n) is 6.10. The van der Waals surface area contributed by atoms with Gasteiger partial charge in [-0.2, -0.15) is 0 Å². The minimum absolute atomic E-state index is 0.144. The average molecular weight is 445 g/mol. The molecule has 0 unspecified atom stereocenters. The Hall–Kier alpha value is -3.11. The number of nitrogens with zero attached hydrogens (tertiary/aromatic N) is 2. The van der Waals surface area contributed by atoms with Crippen LogP contribution in [0.25, 0.3) is 0 Å². The number of anilines is 2. The summed E-state index contributed by atoms with van der Waals surface area (Å²) >= 11 is 2.45. The molecule has 2 N–H and O–H groups in total. The first-order chi connectivity index (χ1) is 14.5. The van der Waals surface area contributed by atoms with Crippen molar-refractivity contribution in [1.82, 2.24) is 10.2 Å². The number of nitrogens with one attached hydrogen (secondary N) is 2. The number of thioether (sulfide) groups is 1. The zero-order valence-electron chi connectivity index (χ0n) is 16.6. The van der Waals surface area contributed by atoms with Crippen LogP contribution in [0.2, 0.25) is 0 Å². The molecule has 30 heavy (non-hydrogen) atoms. The Morgan fingerprint density at radius 1 is 1.00 bits per heavy atom. The maximum absolute atomic E-state index is 12.4. The summed E-state index contributed by atoms with van der Waals surface area (Å²) in [5.74, 6) is 0.688. The molecule has 0 radical (unpaired) electrons. The van der Waals surface area contributed by atoms with Crippen molar-refractivity contribution in [2.75, 3.05) is 30.6 Å². The lowest BCUT2D eigenvalue weighted by atomic mass is 10.2. The minimum Gasteiger partial charge on any atom is -0.493 e. The van der Waals surface area contributed by atoms with Gasteiger partial charge in [-0.05, 0) is 37.3 Å². The summed E-state index contributed by atoms with van der Waals surface area (Å²) in [5, 5.41) is 13.8. The number of aryl methyl sites for hydroxylation is 1. The van der Waals surface area contributed by atoms with Gasteiger partial charge in [0.15, 0.2) is 15.8 Å². The first-order valence-corrected chi connectivity index (χ1v) is 10.6. The fourth-order valence-electron chi connectivity index (χ4n) is 2.43. The summed E-state index contributed by atoms with van der Waals surface area (Å²) in [6.07, 6.45) is 0. The van der Waals surface area contributed by atoms with E-state index in [0.717, 1.165) is 11.3 Å². The van der Waals surface area contributed by atoms with Crippen molar-refractivity contribution in [3.05, 3.63) is 53.6 Å². The van der Waals surface area contributed by atoms with Crippen molar-refractivity contribution in [3.63, 3.8) is 0 Å². The number of amides is 2. The second-order valence-corrected chi connectivity index (χ2v) is 8.30. The van der Waals surface area contributed by atoms with Crippen molar-refractivity contribution in [3.8, 4) is 11.5 Å². The van der Waals surface area contributed by atoms with Crippen molar-refractivity contribution < 1.29 is 19.1 Å². The fourth-order valence-corrected chi connectivity index (χ4v) is 3.97. The van der Waals surface area contributed by atoms with Crippen molar-refractivity contribution in [2.45, 2.75) is 11.3 Å². The number of benzene rings is 2. The van der Waals surface area contributed by atoms with Gasteiger partial charge >= 0.3 is 0 Å². The molecule has 0 saturated heterocycles. The number of ether oxygens (including phenoxy) is 2. The normalized spacial score (nSPS) is 10.4. The molecular formula is C20H20N4O4S2. The average Bonchev–Trinajstić information content (AvgIpc) is 3.20. The quantitative estimate of drug-likeness (QED) is 0.402. The van der Waals surface area contributed by atoms with Gasteiger partial charge in [0.25, 0.3) is 5.91 Å². The third kappa shape index (κ3) is 5.71. The van der Waals surface area contributed by atoms with Crippen LogP contribution in [0.5, 0.6) is 11.5 Å². The van der Waals surface area contributed by atoms with E-state index in [1.54, 1.807) is 18.2 Å². The highest BCUT2D eigenvalue weighted by Gasteiger charge is 2.14. The minimum atomic E-state index is -0.347. The number of carbonyl (C=O) groups excluding carboxylic acids is 2. The van der Waals surface area contributed by atoms with Gasteiger partial charge in [0.2, 0.25) is 11.0 Å². The van der Waals surface area contributed by atoms with Crippen LogP contribution in [0.3, 0.4) is 0 Å². The SMILES string of the molecule is COc1ccc(C(=O)Nc2nnc(SCC(=O)Nc3ccc(C)cc3)s2)cc1OC. The van der Waals surface area contributed by atoms with Gasteiger partial charge < -0.3 is 14.8 Å². The Morgan fingerprint density at radius 2 is 1.73 bits per heavy atom. The van der Waals surface area contributed by atoms with Gasteiger partial charge in [-0.3, -0.25) is 14.9 Å². The number of aromatic nitrogens is 2. The van der Waals surface area contributed by atoms with Crippen LogP contribution >= 0.6 is 23.1 Å². The maximum atomic E-state index is 12.4. The smallest absolute Gasteiger partial charge is 0.257 e. The third-order valence-electron chi connectivity index (χ3n) is 3.93. The predicted octanol–water partition coefficient (Wildman–Crippen LogP) is 3.85. The first kappa shape index (κ1) is 21.6. The molecule has 1 aromatic heterocycles. The summed E-state index contributed by atoms with van der Waals surface area (Å²) in [4.78, 5) is 24.5. The molecule has 0 aliphatic heterocycles. The van der Waals surface area contributed by atoms with E-state index < -0.39 is 0 Å². The molecule has 2 amide bonds. The molecule has 0 bridgehead atoms. The van der Waals surface area contributed by atoms with Crippen LogP contribution in [0.4, 0.5) is 10.8 Å². The van der Waals surface area contributed by atoms with E-state index in [-0.39, 0.29) is 17.6 Å². The van der Waals surface area contributed by atoms with E-state index in [1.165, 1.54) is 37.3 Å². The number of methoxy groups -OCH3 is 2. The lowest BCUT2D eigenvalue weighted by Gasteiger charge is -2.08. The van der Waals surface area contributed by atoms with Gasteiger partial charge in [0.05, 0.1) is 20.0 Å². The van der Waals surface area contributed by atoms with E-state index in [4.69, 9.17) is 9.47 Å². The van der Waals surface area contributed by atoms with E-state index in [2.05, 4.69) is 20.8 Å². The summed E-state index contributed by atoms with van der Waals surface area (Å²) < 4.78 is 11.0. The van der Waals surface area contributed by atoms with Gasteiger partial charge in [0, 0.05) is 11.3 Å². The van der Waals surface area contributed by atoms with Gasteiger partial charge in [-0.1, -0.05) is 40.8 Å². The lowest BCUT2D eigenvalue weighted by molar-refractivity contribution is -0.113. The van der Waals surface area contributed by atoms with Crippen LogP contribution in [-0.2, 0) is 4.79 Å². The largest absolute Gasteiger partial charge is 0.493 e. The molecule has 3 aromatic rings. The zero-order chi connectivity index (χ0) is 21.5. The van der Waals surface area contributed by atoms with Crippen LogP contribution in [0.1, 0.15) is 15.9 Å². The van der Waals surface area contributed by atoms with Crippen molar-refractivity contribution in [2.24, 2.45) is 0 Å².